The van der Waals surface area contributed by atoms with Gasteiger partial charge in [-0.15, -0.1) is 0 Å². The van der Waals surface area contributed by atoms with Gasteiger partial charge < -0.3 is 19.4 Å². The van der Waals surface area contributed by atoms with Crippen molar-refractivity contribution >= 4 is 29.3 Å². The Hall–Kier alpha value is -3.42. The van der Waals surface area contributed by atoms with E-state index in [-0.39, 0.29) is 31.2 Å². The van der Waals surface area contributed by atoms with Crippen molar-refractivity contribution < 1.29 is 28.7 Å². The summed E-state index contributed by atoms with van der Waals surface area (Å²) in [4.78, 5) is 54.1. The maximum atomic E-state index is 12.6. The van der Waals surface area contributed by atoms with Crippen molar-refractivity contribution in [2.24, 2.45) is 5.92 Å². The van der Waals surface area contributed by atoms with Crippen LogP contribution in [0.4, 0.5) is 5.69 Å². The van der Waals surface area contributed by atoms with Gasteiger partial charge in [0.05, 0.1) is 23.8 Å². The molecule has 1 saturated heterocycles. The van der Waals surface area contributed by atoms with Crippen molar-refractivity contribution in [3.8, 4) is 0 Å². The summed E-state index contributed by atoms with van der Waals surface area (Å²) in [6, 6.07) is 7.65. The number of aromatic amines is 1. The van der Waals surface area contributed by atoms with E-state index in [4.69, 9.17) is 9.47 Å². The van der Waals surface area contributed by atoms with Gasteiger partial charge in [0.15, 0.2) is 6.61 Å². The highest BCUT2D eigenvalue weighted by Crippen LogP contribution is 2.26. The van der Waals surface area contributed by atoms with Gasteiger partial charge in [-0.25, -0.2) is 4.79 Å². The van der Waals surface area contributed by atoms with E-state index >= 15 is 0 Å². The van der Waals surface area contributed by atoms with Crippen LogP contribution in [0.3, 0.4) is 0 Å². The highest BCUT2D eigenvalue weighted by Gasteiger charge is 2.36. The predicted octanol–water partition coefficient (Wildman–Crippen LogP) is 3.15. The van der Waals surface area contributed by atoms with Crippen LogP contribution in [-0.4, -0.2) is 48.4 Å². The lowest BCUT2D eigenvalue weighted by atomic mass is 10.1. The summed E-state index contributed by atoms with van der Waals surface area (Å²) in [5.41, 5.74) is 3.39. The summed E-state index contributed by atoms with van der Waals surface area (Å²) in [6.07, 6.45) is 0.939. The van der Waals surface area contributed by atoms with Crippen LogP contribution in [0.5, 0.6) is 0 Å². The number of carbonyl (C=O) groups excluding carboxylic acids is 4. The van der Waals surface area contributed by atoms with Crippen LogP contribution in [0.15, 0.2) is 24.3 Å². The molecule has 2 heterocycles. The molecule has 1 N–H and O–H groups in total. The highest BCUT2D eigenvalue weighted by atomic mass is 16.5. The van der Waals surface area contributed by atoms with Crippen LogP contribution in [0.2, 0.25) is 0 Å². The van der Waals surface area contributed by atoms with Crippen molar-refractivity contribution in [3.63, 3.8) is 0 Å². The number of hydrogen-bond acceptors (Lipinski definition) is 6. The number of rotatable bonds is 8. The van der Waals surface area contributed by atoms with Crippen LogP contribution in [0, 0.1) is 19.8 Å². The van der Waals surface area contributed by atoms with Crippen LogP contribution < -0.4 is 4.90 Å². The van der Waals surface area contributed by atoms with E-state index in [1.54, 1.807) is 25.7 Å². The highest BCUT2D eigenvalue weighted by molar-refractivity contribution is 6.03. The molecule has 1 amide bonds. The minimum atomic E-state index is -0.636. The first-order chi connectivity index (χ1) is 15.3. The Balaban J connectivity index is 1.61. The molecule has 1 fully saturated rings. The fourth-order valence-electron chi connectivity index (χ4n) is 3.89. The molecule has 0 spiro atoms. The van der Waals surface area contributed by atoms with Crippen molar-refractivity contribution in [2.45, 2.75) is 40.5 Å². The number of anilines is 1. The number of hydrogen-bond donors (Lipinski definition) is 1. The lowest BCUT2D eigenvalue weighted by Gasteiger charge is -2.17. The third-order valence-corrected chi connectivity index (χ3v) is 5.66. The summed E-state index contributed by atoms with van der Waals surface area (Å²) >= 11 is 0. The van der Waals surface area contributed by atoms with Gasteiger partial charge in [-0.1, -0.05) is 19.1 Å². The summed E-state index contributed by atoms with van der Waals surface area (Å²) in [7, 11) is 0. The standard InChI is InChI=1S/C24H28N2O6/c1-5-16-7-9-18(10-8-16)26-12-17(11-20(26)28)23(29)32-13-19(27)22-14(3)21(15(4)25-22)24(30)31-6-2/h7-10,17,25H,5-6,11-13H2,1-4H3. The summed E-state index contributed by atoms with van der Waals surface area (Å²) in [5.74, 6) is -2.34. The van der Waals surface area contributed by atoms with E-state index in [2.05, 4.69) is 11.9 Å². The number of aryl methyl sites for hydroxylation is 2. The molecular formula is C24H28N2O6. The molecule has 1 aromatic carbocycles. The molecule has 1 aliphatic heterocycles. The van der Waals surface area contributed by atoms with E-state index in [9.17, 15) is 19.2 Å². The zero-order valence-electron chi connectivity index (χ0n) is 18.8. The largest absolute Gasteiger partial charge is 0.462 e. The predicted molar refractivity (Wildman–Crippen MR) is 118 cm³/mol. The molecule has 170 valence electrons. The third-order valence-electron chi connectivity index (χ3n) is 5.66. The molecule has 8 nitrogen and oxygen atoms in total. The fraction of sp³-hybridized carbons (Fsp3) is 0.417. The van der Waals surface area contributed by atoms with Gasteiger partial charge in [-0.3, -0.25) is 14.4 Å². The summed E-state index contributed by atoms with van der Waals surface area (Å²) in [5, 5.41) is 0. The molecular weight excluding hydrogens is 412 g/mol. The first-order valence-electron chi connectivity index (χ1n) is 10.7. The quantitative estimate of drug-likeness (QED) is 0.499. The summed E-state index contributed by atoms with van der Waals surface area (Å²) < 4.78 is 10.2. The van der Waals surface area contributed by atoms with Crippen molar-refractivity contribution in [1.82, 2.24) is 4.98 Å². The van der Waals surface area contributed by atoms with Crippen molar-refractivity contribution in [2.75, 3.05) is 24.7 Å². The number of benzene rings is 1. The molecule has 32 heavy (non-hydrogen) atoms. The van der Waals surface area contributed by atoms with Crippen LogP contribution in [0.25, 0.3) is 0 Å². The maximum absolute atomic E-state index is 12.6. The molecule has 1 unspecified atom stereocenters. The number of H-pyrrole nitrogens is 1. The van der Waals surface area contributed by atoms with Crippen LogP contribution >= 0.6 is 0 Å². The molecule has 8 heteroatoms. The Bertz CT molecular complexity index is 1040. The SMILES string of the molecule is CCOC(=O)c1c(C)[nH]c(C(=O)COC(=O)C2CC(=O)N(c3ccc(CC)cc3)C2)c1C. The van der Waals surface area contributed by atoms with E-state index in [1.807, 2.05) is 24.3 Å². The molecule has 0 bridgehead atoms. The minimum Gasteiger partial charge on any atom is -0.462 e. The third kappa shape index (κ3) is 4.74. The Morgan fingerprint density at radius 2 is 1.78 bits per heavy atom. The van der Waals surface area contributed by atoms with Gasteiger partial charge in [0.25, 0.3) is 0 Å². The van der Waals surface area contributed by atoms with E-state index < -0.39 is 30.2 Å². The van der Waals surface area contributed by atoms with Crippen LogP contribution in [-0.2, 0) is 25.5 Å². The second-order valence-corrected chi connectivity index (χ2v) is 7.80. The molecule has 2 aromatic rings. The number of ether oxygens (including phenoxy) is 2. The maximum Gasteiger partial charge on any atom is 0.340 e. The van der Waals surface area contributed by atoms with E-state index in [0.29, 0.717) is 16.8 Å². The topological polar surface area (TPSA) is 106 Å². The molecule has 0 saturated carbocycles. The van der Waals surface area contributed by atoms with Gasteiger partial charge in [-0.2, -0.15) is 0 Å². The molecule has 3 rings (SSSR count). The lowest BCUT2D eigenvalue weighted by Crippen LogP contribution is -2.27. The zero-order valence-corrected chi connectivity index (χ0v) is 18.8. The van der Waals surface area contributed by atoms with Crippen LogP contribution in [0.1, 0.15) is 57.9 Å². The van der Waals surface area contributed by atoms with Gasteiger partial charge in [0.1, 0.15) is 0 Å². The van der Waals surface area contributed by atoms with Gasteiger partial charge >= 0.3 is 11.9 Å². The average Bonchev–Trinajstić information content (AvgIpc) is 3.31. The first-order valence-corrected chi connectivity index (χ1v) is 10.7. The number of esters is 2. The zero-order chi connectivity index (χ0) is 23.4. The minimum absolute atomic E-state index is 0.0379. The molecule has 0 radical (unpaired) electrons. The number of amides is 1. The molecule has 1 aliphatic rings. The summed E-state index contributed by atoms with van der Waals surface area (Å²) in [6.45, 7) is 7.04. The number of nitrogens with one attached hydrogen (secondary N) is 1. The molecule has 1 atom stereocenters. The second-order valence-electron chi connectivity index (χ2n) is 7.80. The van der Waals surface area contributed by atoms with Gasteiger partial charge in [0.2, 0.25) is 11.7 Å². The number of aromatic nitrogens is 1. The average molecular weight is 440 g/mol. The van der Waals surface area contributed by atoms with Gasteiger partial charge in [0, 0.05) is 24.3 Å². The Kier molecular flexibility index (Phi) is 7.12. The first kappa shape index (κ1) is 23.2. The Labute approximate surface area is 186 Å². The second kappa shape index (κ2) is 9.80. The molecule has 0 aliphatic carbocycles. The van der Waals surface area contributed by atoms with Crippen molar-refractivity contribution in [3.05, 3.63) is 52.3 Å². The number of Topliss-reactive ketones (excluding diaryl/α,β-unsaturated/α-hetero) is 1. The number of nitrogens with zero attached hydrogens (tertiary/aromatic N) is 1. The van der Waals surface area contributed by atoms with Crippen molar-refractivity contribution in [1.29, 1.82) is 0 Å². The Morgan fingerprint density at radius 1 is 1.09 bits per heavy atom. The monoisotopic (exact) mass is 440 g/mol. The number of carbonyl (C=O) groups is 4. The van der Waals surface area contributed by atoms with E-state index in [0.717, 1.165) is 17.7 Å². The smallest absolute Gasteiger partial charge is 0.340 e. The number of ketones is 1. The van der Waals surface area contributed by atoms with Gasteiger partial charge in [-0.05, 0) is 50.5 Å². The lowest BCUT2D eigenvalue weighted by molar-refractivity contribution is -0.147. The normalized spacial score (nSPS) is 15.7. The van der Waals surface area contributed by atoms with E-state index in [1.165, 1.54) is 0 Å². The Morgan fingerprint density at radius 3 is 2.41 bits per heavy atom. The molecule has 1 aromatic heterocycles. The fourth-order valence-corrected chi connectivity index (χ4v) is 3.89.